The fourth-order valence-electron chi connectivity index (χ4n) is 1.82. The molecular weight excluding hydrogens is 204 g/mol. The zero-order valence-electron chi connectivity index (χ0n) is 9.14. The number of fused-ring (bicyclic) bond motifs is 1. The van der Waals surface area contributed by atoms with E-state index in [1.165, 1.54) is 0 Å². The molecule has 1 amide bonds. The molecule has 0 aromatic heterocycles. The largest absolute Gasteiger partial charge is 0.368 e. The topological polar surface area (TPSA) is 64.7 Å². The molecule has 2 N–H and O–H groups in total. The molecule has 0 spiro atoms. The van der Waals surface area contributed by atoms with Gasteiger partial charge in [0.1, 0.15) is 6.61 Å². The summed E-state index contributed by atoms with van der Waals surface area (Å²) in [7, 11) is 0. The monoisotopic (exact) mass is 218 g/mol. The molecule has 1 heterocycles. The van der Waals surface area contributed by atoms with E-state index in [1.807, 2.05) is 31.2 Å². The van der Waals surface area contributed by atoms with Crippen LogP contribution in [0.3, 0.4) is 0 Å². The maximum absolute atomic E-state index is 10.7. The zero-order valence-corrected chi connectivity index (χ0v) is 9.14. The van der Waals surface area contributed by atoms with E-state index in [-0.39, 0.29) is 12.7 Å². The number of primary amides is 1. The van der Waals surface area contributed by atoms with Crippen LogP contribution in [0.4, 0.5) is 5.69 Å². The molecule has 1 aromatic rings. The first-order chi connectivity index (χ1) is 7.66. The number of benzene rings is 1. The van der Waals surface area contributed by atoms with E-state index in [1.54, 1.807) is 0 Å². The number of rotatable bonds is 3. The summed E-state index contributed by atoms with van der Waals surface area (Å²) in [4.78, 5) is 15.1. The van der Waals surface area contributed by atoms with Crippen LogP contribution in [0.2, 0.25) is 0 Å². The van der Waals surface area contributed by atoms with Gasteiger partial charge in [0.15, 0.2) is 0 Å². The van der Waals surface area contributed by atoms with Crippen molar-refractivity contribution < 1.29 is 9.53 Å². The Morgan fingerprint density at radius 3 is 3.06 bits per heavy atom. The summed E-state index contributed by atoms with van der Waals surface area (Å²) in [6.45, 7) is 1.91. The predicted octanol–water partition coefficient (Wildman–Crippen LogP) is 1.73. The molecule has 4 nitrogen and oxygen atoms in total. The summed E-state index contributed by atoms with van der Waals surface area (Å²) in [5.41, 5.74) is 8.02. The number of aliphatic imine (C=N–C) groups is 1. The van der Waals surface area contributed by atoms with Gasteiger partial charge in [0.2, 0.25) is 5.91 Å². The minimum absolute atomic E-state index is 0.0493. The highest BCUT2D eigenvalue weighted by Gasteiger charge is 2.21. The van der Waals surface area contributed by atoms with E-state index in [0.717, 1.165) is 17.0 Å². The second-order valence-corrected chi connectivity index (χ2v) is 3.88. The lowest BCUT2D eigenvalue weighted by atomic mass is 9.99. The van der Waals surface area contributed by atoms with Crippen LogP contribution < -0.4 is 5.73 Å². The molecule has 0 aliphatic carbocycles. The van der Waals surface area contributed by atoms with Gasteiger partial charge in [-0.1, -0.05) is 18.2 Å². The summed E-state index contributed by atoms with van der Waals surface area (Å²) >= 11 is 0. The molecule has 1 unspecified atom stereocenters. The van der Waals surface area contributed by atoms with Crippen LogP contribution in [0, 0.1) is 0 Å². The number of nitrogens with two attached hydrogens (primary N) is 1. The Balaban J connectivity index is 2.22. The average molecular weight is 218 g/mol. The van der Waals surface area contributed by atoms with E-state index in [2.05, 4.69) is 4.99 Å². The van der Waals surface area contributed by atoms with Crippen LogP contribution in [-0.4, -0.2) is 18.2 Å². The standard InChI is InChI=1S/C12H14N2O2/c1-8-6-11(16-7-12(13)15)9-4-2-3-5-10(9)14-8/h2-5,11H,6-7H2,1H3,(H2,13,15). The predicted molar refractivity (Wildman–Crippen MR) is 61.7 cm³/mol. The number of para-hydroxylation sites is 1. The quantitative estimate of drug-likeness (QED) is 0.839. The number of carbonyl (C=O) groups excluding carboxylic acids is 1. The lowest BCUT2D eigenvalue weighted by Crippen LogP contribution is -2.22. The Hall–Kier alpha value is -1.68. The van der Waals surface area contributed by atoms with Gasteiger partial charge in [-0.05, 0) is 13.0 Å². The lowest BCUT2D eigenvalue weighted by molar-refractivity contribution is -0.124. The number of amides is 1. The Bertz CT molecular complexity index is 440. The van der Waals surface area contributed by atoms with E-state index in [9.17, 15) is 4.79 Å². The highest BCUT2D eigenvalue weighted by atomic mass is 16.5. The van der Waals surface area contributed by atoms with Gasteiger partial charge in [0, 0.05) is 17.7 Å². The smallest absolute Gasteiger partial charge is 0.243 e. The average Bonchev–Trinajstić information content (AvgIpc) is 2.25. The molecule has 0 fully saturated rings. The zero-order chi connectivity index (χ0) is 11.5. The minimum Gasteiger partial charge on any atom is -0.368 e. The normalized spacial score (nSPS) is 18.8. The van der Waals surface area contributed by atoms with Gasteiger partial charge in [0.05, 0.1) is 11.8 Å². The van der Waals surface area contributed by atoms with Gasteiger partial charge in [-0.2, -0.15) is 0 Å². The first-order valence-electron chi connectivity index (χ1n) is 5.20. The van der Waals surface area contributed by atoms with Crippen molar-refractivity contribution in [2.45, 2.75) is 19.4 Å². The molecule has 84 valence electrons. The van der Waals surface area contributed by atoms with Gasteiger partial charge in [-0.25, -0.2) is 0 Å². The maximum atomic E-state index is 10.7. The summed E-state index contributed by atoms with van der Waals surface area (Å²) in [6.07, 6.45) is 0.603. The number of carbonyl (C=O) groups is 1. The fraction of sp³-hybridized carbons (Fsp3) is 0.333. The van der Waals surface area contributed by atoms with Crippen molar-refractivity contribution in [2.24, 2.45) is 10.7 Å². The van der Waals surface area contributed by atoms with E-state index in [4.69, 9.17) is 10.5 Å². The van der Waals surface area contributed by atoms with Gasteiger partial charge in [-0.15, -0.1) is 0 Å². The highest BCUT2D eigenvalue weighted by molar-refractivity contribution is 5.87. The van der Waals surface area contributed by atoms with Gasteiger partial charge in [0.25, 0.3) is 0 Å². The van der Waals surface area contributed by atoms with Crippen LogP contribution in [0.25, 0.3) is 0 Å². The van der Waals surface area contributed by atoms with Crippen LogP contribution >= 0.6 is 0 Å². The Kier molecular flexibility index (Phi) is 3.01. The van der Waals surface area contributed by atoms with Gasteiger partial charge >= 0.3 is 0 Å². The molecule has 0 bridgehead atoms. The molecule has 1 aliphatic rings. The number of nitrogens with zero attached hydrogens (tertiary/aromatic N) is 1. The molecule has 16 heavy (non-hydrogen) atoms. The van der Waals surface area contributed by atoms with Crippen molar-refractivity contribution >= 4 is 17.3 Å². The van der Waals surface area contributed by atoms with E-state index in [0.29, 0.717) is 6.42 Å². The second-order valence-electron chi connectivity index (χ2n) is 3.88. The fourth-order valence-corrected chi connectivity index (χ4v) is 1.82. The first-order valence-corrected chi connectivity index (χ1v) is 5.20. The van der Waals surface area contributed by atoms with E-state index >= 15 is 0 Å². The Labute approximate surface area is 94.1 Å². The molecule has 0 radical (unpaired) electrons. The molecule has 0 saturated carbocycles. The Morgan fingerprint density at radius 2 is 2.31 bits per heavy atom. The van der Waals surface area contributed by atoms with Gasteiger partial charge in [-0.3, -0.25) is 9.79 Å². The summed E-state index contributed by atoms with van der Waals surface area (Å²) in [5, 5.41) is 0. The molecule has 4 heteroatoms. The molecular formula is C12H14N2O2. The molecule has 1 aromatic carbocycles. The first kappa shape index (κ1) is 10.8. The number of hydrogen-bond donors (Lipinski definition) is 1. The second kappa shape index (κ2) is 4.45. The summed E-state index contributed by atoms with van der Waals surface area (Å²) < 4.78 is 5.49. The SMILES string of the molecule is CC1=Nc2ccccc2C(OCC(N)=O)C1. The number of hydrogen-bond acceptors (Lipinski definition) is 3. The lowest BCUT2D eigenvalue weighted by Gasteiger charge is -2.23. The third kappa shape index (κ3) is 2.28. The molecule has 2 rings (SSSR count). The molecule has 0 saturated heterocycles. The molecule has 1 atom stereocenters. The van der Waals surface area contributed by atoms with Crippen molar-refractivity contribution in [3.05, 3.63) is 29.8 Å². The highest BCUT2D eigenvalue weighted by Crippen LogP contribution is 2.34. The van der Waals surface area contributed by atoms with Gasteiger partial charge < -0.3 is 10.5 Å². The van der Waals surface area contributed by atoms with E-state index < -0.39 is 5.91 Å². The van der Waals surface area contributed by atoms with Crippen molar-refractivity contribution in [2.75, 3.05) is 6.61 Å². The van der Waals surface area contributed by atoms with Crippen molar-refractivity contribution in [1.82, 2.24) is 0 Å². The summed E-state index contributed by atoms with van der Waals surface area (Å²) in [5.74, 6) is -0.447. The van der Waals surface area contributed by atoms with Crippen LogP contribution in [-0.2, 0) is 9.53 Å². The third-order valence-electron chi connectivity index (χ3n) is 2.50. The summed E-state index contributed by atoms with van der Waals surface area (Å²) in [6, 6.07) is 7.79. The van der Waals surface area contributed by atoms with Crippen molar-refractivity contribution in [3.8, 4) is 0 Å². The third-order valence-corrected chi connectivity index (χ3v) is 2.50. The van der Waals surface area contributed by atoms with Crippen LogP contribution in [0.5, 0.6) is 0 Å². The van der Waals surface area contributed by atoms with Crippen molar-refractivity contribution in [1.29, 1.82) is 0 Å². The minimum atomic E-state index is -0.447. The van der Waals surface area contributed by atoms with Crippen LogP contribution in [0.15, 0.2) is 29.3 Å². The number of ether oxygens (including phenoxy) is 1. The Morgan fingerprint density at radius 1 is 1.56 bits per heavy atom. The van der Waals surface area contributed by atoms with Crippen molar-refractivity contribution in [3.63, 3.8) is 0 Å². The molecule has 1 aliphatic heterocycles. The van der Waals surface area contributed by atoms with Crippen LogP contribution in [0.1, 0.15) is 25.0 Å². The maximum Gasteiger partial charge on any atom is 0.243 e.